The number of imidazole rings is 1. The number of sulfone groups is 1. The highest BCUT2D eigenvalue weighted by molar-refractivity contribution is 7.91. The Balaban J connectivity index is 1.61. The predicted molar refractivity (Wildman–Crippen MR) is 125 cm³/mol. The van der Waals surface area contributed by atoms with Gasteiger partial charge in [-0.1, -0.05) is 36.4 Å². The normalized spacial score (nSPS) is 17.3. The van der Waals surface area contributed by atoms with Crippen molar-refractivity contribution in [2.24, 2.45) is 0 Å². The topological polar surface area (TPSA) is 107 Å². The number of fused-ring (bicyclic) bond motifs is 1. The van der Waals surface area contributed by atoms with E-state index in [1.807, 2.05) is 60.0 Å². The minimum absolute atomic E-state index is 0.0742. The highest BCUT2D eigenvalue weighted by Gasteiger charge is 2.32. The second-order valence-corrected chi connectivity index (χ2v) is 10.4. The third-order valence-electron chi connectivity index (χ3n) is 5.89. The number of benzene rings is 1. The van der Waals surface area contributed by atoms with Crippen molar-refractivity contribution in [3.05, 3.63) is 78.0 Å². The molecule has 1 N–H and O–H groups in total. The van der Waals surface area contributed by atoms with Crippen molar-refractivity contribution >= 4 is 26.8 Å². The number of carbonyl (C=O) groups excluding carboxylic acids is 1. The van der Waals surface area contributed by atoms with Crippen LogP contribution in [0.25, 0.3) is 22.3 Å². The maximum Gasteiger partial charge on any atom is 0.272 e. The van der Waals surface area contributed by atoms with Gasteiger partial charge in [0.1, 0.15) is 11.3 Å². The lowest BCUT2D eigenvalue weighted by atomic mass is 10.1. The number of amides is 1. The fraction of sp³-hybridized carbons (Fsp3) is 0.250. The summed E-state index contributed by atoms with van der Waals surface area (Å²) >= 11 is 0. The summed E-state index contributed by atoms with van der Waals surface area (Å²) in [7, 11) is -3.08. The zero-order chi connectivity index (χ0) is 23.0. The van der Waals surface area contributed by atoms with Crippen molar-refractivity contribution in [3.63, 3.8) is 0 Å². The van der Waals surface area contributed by atoms with E-state index in [9.17, 15) is 13.2 Å². The van der Waals surface area contributed by atoms with E-state index in [4.69, 9.17) is 0 Å². The van der Waals surface area contributed by atoms with Crippen LogP contribution in [0.2, 0.25) is 0 Å². The second kappa shape index (κ2) is 8.40. The molecule has 8 nitrogen and oxygen atoms in total. The summed E-state index contributed by atoms with van der Waals surface area (Å²) < 4.78 is 26.3. The largest absolute Gasteiger partial charge is 0.346 e. The highest BCUT2D eigenvalue weighted by atomic mass is 32.2. The number of aromatic nitrogens is 4. The molecule has 1 aliphatic rings. The zero-order valence-electron chi connectivity index (χ0n) is 18.1. The van der Waals surface area contributed by atoms with Gasteiger partial charge in [-0.3, -0.25) is 9.78 Å². The summed E-state index contributed by atoms with van der Waals surface area (Å²) in [6.45, 7) is 2.15. The SMILES string of the molecule is Cc1nc2c(C(=O)NCc3cccnc3)nc(-c3ccccc3)cc2n1C1CCS(=O)(=O)C1. The van der Waals surface area contributed by atoms with E-state index in [0.29, 0.717) is 30.0 Å². The summed E-state index contributed by atoms with van der Waals surface area (Å²) in [6.07, 6.45) is 3.90. The molecular weight excluding hydrogens is 438 g/mol. The number of nitrogens with one attached hydrogen (secondary N) is 1. The first-order valence-electron chi connectivity index (χ1n) is 10.7. The van der Waals surface area contributed by atoms with Crippen molar-refractivity contribution < 1.29 is 13.2 Å². The van der Waals surface area contributed by atoms with Crippen molar-refractivity contribution in [2.75, 3.05) is 11.5 Å². The Kier molecular flexibility index (Phi) is 5.41. The van der Waals surface area contributed by atoms with Gasteiger partial charge in [0.05, 0.1) is 28.8 Å². The lowest BCUT2D eigenvalue weighted by molar-refractivity contribution is 0.0947. The maximum absolute atomic E-state index is 13.2. The Labute approximate surface area is 191 Å². The van der Waals surface area contributed by atoms with Gasteiger partial charge in [-0.05, 0) is 31.0 Å². The summed E-state index contributed by atoms with van der Waals surface area (Å²) in [5.74, 6) is 0.558. The van der Waals surface area contributed by atoms with Gasteiger partial charge < -0.3 is 9.88 Å². The van der Waals surface area contributed by atoms with Crippen LogP contribution >= 0.6 is 0 Å². The first kappa shape index (κ1) is 21.3. The smallest absolute Gasteiger partial charge is 0.272 e. The van der Waals surface area contributed by atoms with E-state index < -0.39 is 9.84 Å². The molecule has 3 aromatic heterocycles. The Morgan fingerprint density at radius 2 is 1.97 bits per heavy atom. The second-order valence-electron chi connectivity index (χ2n) is 8.22. The fourth-order valence-corrected chi connectivity index (χ4v) is 6.03. The lowest BCUT2D eigenvalue weighted by Gasteiger charge is -2.15. The van der Waals surface area contributed by atoms with Gasteiger partial charge in [0.25, 0.3) is 5.91 Å². The number of pyridine rings is 2. The minimum atomic E-state index is -3.08. The van der Waals surface area contributed by atoms with Crippen LogP contribution in [-0.2, 0) is 16.4 Å². The van der Waals surface area contributed by atoms with Crippen molar-refractivity contribution in [2.45, 2.75) is 25.9 Å². The molecule has 5 rings (SSSR count). The van der Waals surface area contributed by atoms with Gasteiger partial charge >= 0.3 is 0 Å². The van der Waals surface area contributed by atoms with Crippen molar-refractivity contribution in [1.82, 2.24) is 24.8 Å². The molecule has 1 fully saturated rings. The molecule has 168 valence electrons. The van der Waals surface area contributed by atoms with Gasteiger partial charge in [0.2, 0.25) is 0 Å². The molecule has 1 atom stereocenters. The zero-order valence-corrected chi connectivity index (χ0v) is 18.9. The molecule has 0 saturated carbocycles. The van der Waals surface area contributed by atoms with E-state index in [-0.39, 0.29) is 29.1 Å². The van der Waals surface area contributed by atoms with Crippen LogP contribution in [0.5, 0.6) is 0 Å². The number of aryl methyl sites for hydroxylation is 1. The molecule has 0 radical (unpaired) electrons. The molecule has 33 heavy (non-hydrogen) atoms. The van der Waals surface area contributed by atoms with Gasteiger partial charge in [-0.15, -0.1) is 0 Å². The van der Waals surface area contributed by atoms with E-state index in [1.165, 1.54) is 0 Å². The standard InChI is InChI=1S/C24H23N5O3S/c1-16-27-22-21(29(16)19-9-11-33(31,32)15-19)12-20(18-7-3-2-4-8-18)28-23(22)24(30)26-14-17-6-5-10-25-13-17/h2-8,10,12-13,19H,9,11,14-15H2,1H3,(H,26,30). The Morgan fingerprint density at radius 3 is 2.67 bits per heavy atom. The lowest BCUT2D eigenvalue weighted by Crippen LogP contribution is -2.24. The molecule has 0 bridgehead atoms. The number of carbonyl (C=O) groups is 1. The molecule has 1 amide bonds. The first-order valence-corrected chi connectivity index (χ1v) is 12.6. The number of hydrogen-bond donors (Lipinski definition) is 1. The van der Waals surface area contributed by atoms with Gasteiger partial charge in [-0.25, -0.2) is 18.4 Å². The van der Waals surface area contributed by atoms with Gasteiger partial charge in [0.15, 0.2) is 15.5 Å². The fourth-order valence-electron chi connectivity index (χ4n) is 4.33. The maximum atomic E-state index is 13.2. The van der Waals surface area contributed by atoms with E-state index in [0.717, 1.165) is 16.6 Å². The van der Waals surface area contributed by atoms with E-state index in [2.05, 4.69) is 20.3 Å². The van der Waals surface area contributed by atoms with Crippen LogP contribution in [0.4, 0.5) is 0 Å². The predicted octanol–water partition coefficient (Wildman–Crippen LogP) is 3.09. The molecule has 1 saturated heterocycles. The molecule has 1 aliphatic heterocycles. The molecule has 4 aromatic rings. The molecule has 1 aromatic carbocycles. The Hall–Kier alpha value is -3.59. The Bertz CT molecular complexity index is 1430. The van der Waals surface area contributed by atoms with E-state index >= 15 is 0 Å². The van der Waals surface area contributed by atoms with Crippen molar-refractivity contribution in [3.8, 4) is 11.3 Å². The molecular formula is C24H23N5O3S. The summed E-state index contributed by atoms with van der Waals surface area (Å²) in [4.78, 5) is 26.6. The third-order valence-corrected chi connectivity index (χ3v) is 7.64. The first-order chi connectivity index (χ1) is 15.9. The third kappa shape index (κ3) is 4.23. The van der Waals surface area contributed by atoms with Crippen LogP contribution in [0.3, 0.4) is 0 Å². The number of nitrogens with zero attached hydrogens (tertiary/aromatic N) is 4. The van der Waals surface area contributed by atoms with Crippen LogP contribution in [0.1, 0.15) is 34.3 Å². The molecule has 4 heterocycles. The molecule has 0 aliphatic carbocycles. The van der Waals surface area contributed by atoms with Gasteiger partial charge in [0, 0.05) is 24.5 Å². The van der Waals surface area contributed by atoms with Crippen LogP contribution in [0, 0.1) is 6.92 Å². The molecule has 1 unspecified atom stereocenters. The highest BCUT2D eigenvalue weighted by Crippen LogP contribution is 2.32. The Morgan fingerprint density at radius 1 is 1.15 bits per heavy atom. The molecule has 9 heteroatoms. The quantitative estimate of drug-likeness (QED) is 0.489. The van der Waals surface area contributed by atoms with Gasteiger partial charge in [-0.2, -0.15) is 0 Å². The van der Waals surface area contributed by atoms with Crippen LogP contribution < -0.4 is 5.32 Å². The summed E-state index contributed by atoms with van der Waals surface area (Å²) in [6, 6.07) is 15.0. The summed E-state index contributed by atoms with van der Waals surface area (Å²) in [5, 5.41) is 2.91. The monoisotopic (exact) mass is 461 g/mol. The van der Waals surface area contributed by atoms with Crippen LogP contribution in [-0.4, -0.2) is 45.3 Å². The van der Waals surface area contributed by atoms with Crippen molar-refractivity contribution in [1.29, 1.82) is 0 Å². The number of hydrogen-bond acceptors (Lipinski definition) is 6. The summed E-state index contributed by atoms with van der Waals surface area (Å²) in [5.41, 5.74) is 3.79. The average molecular weight is 462 g/mol. The average Bonchev–Trinajstić information content (AvgIpc) is 3.35. The van der Waals surface area contributed by atoms with Crippen LogP contribution in [0.15, 0.2) is 60.9 Å². The van der Waals surface area contributed by atoms with E-state index in [1.54, 1.807) is 12.4 Å². The molecule has 0 spiro atoms. The number of rotatable bonds is 5. The minimum Gasteiger partial charge on any atom is -0.346 e.